The maximum Gasteiger partial charge on any atom is 0.355 e. The lowest BCUT2D eigenvalue weighted by molar-refractivity contribution is -0.141. The predicted molar refractivity (Wildman–Crippen MR) is 76.9 cm³/mol. The number of nitrogens with zero attached hydrogens (tertiary/aromatic N) is 3. The Kier molecular flexibility index (Phi) is 3.96. The van der Waals surface area contributed by atoms with Gasteiger partial charge in [0.15, 0.2) is 6.10 Å². The third kappa shape index (κ3) is 3.03. The van der Waals surface area contributed by atoms with E-state index in [0.717, 1.165) is 4.88 Å². The average molecular weight is 320 g/mol. The van der Waals surface area contributed by atoms with E-state index in [0.29, 0.717) is 5.89 Å². The van der Waals surface area contributed by atoms with Crippen LogP contribution in [0, 0.1) is 0 Å². The number of hydrogen-bond acceptors (Lipinski definition) is 8. The van der Waals surface area contributed by atoms with E-state index >= 15 is 0 Å². The number of hydrazone groups is 1. The van der Waals surface area contributed by atoms with Crippen molar-refractivity contribution in [1.29, 1.82) is 0 Å². The minimum absolute atomic E-state index is 0.171. The van der Waals surface area contributed by atoms with E-state index in [1.54, 1.807) is 6.92 Å². The van der Waals surface area contributed by atoms with Crippen molar-refractivity contribution in [3.63, 3.8) is 0 Å². The Labute approximate surface area is 129 Å². The molecular formula is C13H12N4O4S. The molecular weight excluding hydrogens is 308 g/mol. The third-order valence-electron chi connectivity index (χ3n) is 2.94. The van der Waals surface area contributed by atoms with E-state index in [4.69, 9.17) is 9.15 Å². The van der Waals surface area contributed by atoms with Gasteiger partial charge in [0.25, 0.3) is 11.8 Å². The van der Waals surface area contributed by atoms with Gasteiger partial charge in [0.1, 0.15) is 5.71 Å². The molecule has 1 N–H and O–H groups in total. The molecule has 0 unspecified atom stereocenters. The number of esters is 1. The maximum absolute atomic E-state index is 11.9. The number of hydrogen-bond donors (Lipinski definition) is 1. The van der Waals surface area contributed by atoms with Crippen LogP contribution in [0.4, 0.5) is 0 Å². The first-order valence-electron chi connectivity index (χ1n) is 6.57. The Bertz CT molecular complexity index is 722. The van der Waals surface area contributed by atoms with Crippen molar-refractivity contribution in [2.75, 3.05) is 0 Å². The topological polar surface area (TPSA) is 107 Å². The zero-order chi connectivity index (χ0) is 15.5. The molecule has 0 fully saturated rings. The van der Waals surface area contributed by atoms with Gasteiger partial charge in [-0.2, -0.15) is 5.10 Å². The molecule has 9 heteroatoms. The van der Waals surface area contributed by atoms with E-state index in [-0.39, 0.29) is 30.4 Å². The quantitative estimate of drug-likeness (QED) is 0.859. The first-order chi connectivity index (χ1) is 10.6. The van der Waals surface area contributed by atoms with Gasteiger partial charge in [0.2, 0.25) is 5.91 Å². The smallest absolute Gasteiger partial charge is 0.355 e. The fraction of sp³-hybridized carbons (Fsp3) is 0.308. The minimum atomic E-state index is -0.700. The van der Waals surface area contributed by atoms with Crippen LogP contribution >= 0.6 is 11.3 Å². The molecule has 3 rings (SSSR count). The molecule has 2 aromatic heterocycles. The minimum Gasteiger partial charge on any atom is -0.448 e. The molecule has 0 radical (unpaired) electrons. The summed E-state index contributed by atoms with van der Waals surface area (Å²) >= 11 is 1.47. The number of rotatable bonds is 4. The fourth-order valence-electron chi connectivity index (χ4n) is 1.80. The lowest BCUT2D eigenvalue weighted by Gasteiger charge is -2.13. The highest BCUT2D eigenvalue weighted by atomic mass is 32.1. The van der Waals surface area contributed by atoms with Crippen LogP contribution in [0.15, 0.2) is 27.0 Å². The average Bonchev–Trinajstić information content (AvgIpc) is 3.19. The summed E-state index contributed by atoms with van der Waals surface area (Å²) in [5.41, 5.74) is 2.42. The number of thiophene rings is 1. The Morgan fingerprint density at radius 1 is 1.45 bits per heavy atom. The molecule has 0 aromatic carbocycles. The Morgan fingerprint density at radius 3 is 3.00 bits per heavy atom. The van der Waals surface area contributed by atoms with Crippen LogP contribution in [0.3, 0.4) is 0 Å². The van der Waals surface area contributed by atoms with Crippen molar-refractivity contribution in [2.45, 2.75) is 25.9 Å². The lowest BCUT2D eigenvalue weighted by atomic mass is 10.2. The second-order valence-corrected chi connectivity index (χ2v) is 5.51. The van der Waals surface area contributed by atoms with Gasteiger partial charge < -0.3 is 9.15 Å². The van der Waals surface area contributed by atoms with Crippen molar-refractivity contribution >= 4 is 28.9 Å². The van der Waals surface area contributed by atoms with Crippen LogP contribution in [0.2, 0.25) is 0 Å². The lowest BCUT2D eigenvalue weighted by Crippen LogP contribution is -2.31. The molecule has 8 nitrogen and oxygen atoms in total. The Balaban J connectivity index is 1.66. The molecule has 0 saturated heterocycles. The van der Waals surface area contributed by atoms with Crippen LogP contribution in [0.25, 0.3) is 10.8 Å². The number of ether oxygens (including phenoxy) is 1. The van der Waals surface area contributed by atoms with Gasteiger partial charge in [-0.3, -0.25) is 4.79 Å². The number of amides is 1. The van der Waals surface area contributed by atoms with E-state index in [2.05, 4.69) is 20.7 Å². The van der Waals surface area contributed by atoms with Crippen molar-refractivity contribution in [2.24, 2.45) is 5.10 Å². The number of nitrogens with one attached hydrogen (secondary N) is 1. The second-order valence-electron chi connectivity index (χ2n) is 4.56. The first-order valence-corrected chi connectivity index (χ1v) is 7.45. The summed E-state index contributed by atoms with van der Waals surface area (Å²) in [4.78, 5) is 23.8. The van der Waals surface area contributed by atoms with Crippen LogP contribution in [0.5, 0.6) is 0 Å². The largest absolute Gasteiger partial charge is 0.448 e. The van der Waals surface area contributed by atoms with E-state index in [9.17, 15) is 9.59 Å². The van der Waals surface area contributed by atoms with Gasteiger partial charge in [-0.05, 0) is 18.4 Å². The van der Waals surface area contributed by atoms with E-state index in [1.165, 1.54) is 11.3 Å². The van der Waals surface area contributed by atoms with Gasteiger partial charge in [-0.25, -0.2) is 10.2 Å². The zero-order valence-electron chi connectivity index (χ0n) is 11.6. The third-order valence-corrected chi connectivity index (χ3v) is 3.80. The highest BCUT2D eigenvalue weighted by molar-refractivity contribution is 7.13. The van der Waals surface area contributed by atoms with Gasteiger partial charge in [-0.1, -0.05) is 6.07 Å². The molecule has 1 atom stereocenters. The highest BCUT2D eigenvalue weighted by Gasteiger charge is 2.24. The molecule has 1 aliphatic rings. The van der Waals surface area contributed by atoms with Crippen molar-refractivity contribution in [3.05, 3.63) is 23.4 Å². The Hall–Kier alpha value is -2.55. The maximum atomic E-state index is 11.9. The molecule has 0 saturated carbocycles. The van der Waals surface area contributed by atoms with Crippen LogP contribution < -0.4 is 5.43 Å². The SMILES string of the molecule is C[C@H](OC(=O)C1=NNC(=O)CC1)c1nnc(-c2cccs2)o1. The molecule has 0 spiro atoms. The normalized spacial score (nSPS) is 15.9. The van der Waals surface area contributed by atoms with Gasteiger partial charge in [0, 0.05) is 12.8 Å². The van der Waals surface area contributed by atoms with Crippen LogP contribution in [0.1, 0.15) is 31.8 Å². The Morgan fingerprint density at radius 2 is 2.32 bits per heavy atom. The summed E-state index contributed by atoms with van der Waals surface area (Å²) in [5.74, 6) is -0.238. The van der Waals surface area contributed by atoms with Crippen LogP contribution in [-0.4, -0.2) is 27.8 Å². The van der Waals surface area contributed by atoms with Gasteiger partial charge in [0.05, 0.1) is 4.88 Å². The molecule has 114 valence electrons. The summed E-state index contributed by atoms with van der Waals surface area (Å²) in [5, 5.41) is 13.4. The summed E-state index contributed by atoms with van der Waals surface area (Å²) in [7, 11) is 0. The van der Waals surface area contributed by atoms with Crippen molar-refractivity contribution in [1.82, 2.24) is 15.6 Å². The molecule has 0 aliphatic carbocycles. The summed E-state index contributed by atoms with van der Waals surface area (Å²) in [6.45, 7) is 1.63. The van der Waals surface area contributed by atoms with Gasteiger partial charge in [-0.15, -0.1) is 21.5 Å². The molecule has 0 bridgehead atoms. The predicted octanol–water partition coefficient (Wildman–Crippen LogP) is 1.67. The standard InChI is InChI=1S/C13H12N4O4S/c1-7(20-13(19)8-4-5-10(18)15-14-8)11-16-17-12(21-11)9-3-2-6-22-9/h2-3,6-7H,4-5H2,1H3,(H,15,18)/t7-/m0/s1. The van der Waals surface area contributed by atoms with E-state index < -0.39 is 12.1 Å². The first kappa shape index (κ1) is 14.4. The molecule has 22 heavy (non-hydrogen) atoms. The fourth-order valence-corrected chi connectivity index (χ4v) is 2.44. The van der Waals surface area contributed by atoms with Gasteiger partial charge >= 0.3 is 5.97 Å². The molecule has 3 heterocycles. The number of carbonyl (C=O) groups is 2. The molecule has 1 amide bonds. The van der Waals surface area contributed by atoms with Crippen molar-refractivity contribution < 1.29 is 18.7 Å². The summed E-state index contributed by atoms with van der Waals surface area (Å²) < 4.78 is 10.7. The summed E-state index contributed by atoms with van der Waals surface area (Å²) in [6, 6.07) is 3.74. The monoisotopic (exact) mass is 320 g/mol. The zero-order valence-corrected chi connectivity index (χ0v) is 12.4. The van der Waals surface area contributed by atoms with Crippen molar-refractivity contribution in [3.8, 4) is 10.8 Å². The van der Waals surface area contributed by atoms with E-state index in [1.807, 2.05) is 17.5 Å². The number of carbonyl (C=O) groups excluding carboxylic acids is 2. The van der Waals surface area contributed by atoms with Crippen LogP contribution in [-0.2, 0) is 14.3 Å². The molecule has 1 aliphatic heterocycles. The molecule has 2 aromatic rings. The highest BCUT2D eigenvalue weighted by Crippen LogP contribution is 2.25. The summed E-state index contributed by atoms with van der Waals surface area (Å²) in [6.07, 6.45) is -0.235. The number of aromatic nitrogens is 2. The second kappa shape index (κ2) is 6.06.